The molecular formula is C16H25NO2. The molecular weight excluding hydrogens is 238 g/mol. The largest absolute Gasteiger partial charge is 0.490 e. The zero-order valence-electron chi connectivity index (χ0n) is 12.2. The number of hydrogen-bond acceptors (Lipinski definition) is 3. The Morgan fingerprint density at radius 1 is 1.21 bits per heavy atom. The van der Waals surface area contributed by atoms with Crippen molar-refractivity contribution in [3.63, 3.8) is 0 Å². The van der Waals surface area contributed by atoms with Crippen LogP contribution in [0.2, 0.25) is 0 Å². The van der Waals surface area contributed by atoms with Gasteiger partial charge in [0.05, 0.1) is 13.2 Å². The summed E-state index contributed by atoms with van der Waals surface area (Å²) in [6, 6.07) is 6.86. The van der Waals surface area contributed by atoms with Crippen LogP contribution in [0.25, 0.3) is 0 Å². The van der Waals surface area contributed by atoms with E-state index in [4.69, 9.17) is 9.47 Å². The molecule has 19 heavy (non-hydrogen) atoms. The lowest BCUT2D eigenvalue weighted by molar-refractivity contribution is 0.297. The molecule has 0 radical (unpaired) electrons. The third-order valence-electron chi connectivity index (χ3n) is 3.87. The second kappa shape index (κ2) is 6.80. The Labute approximate surface area is 116 Å². The molecule has 3 nitrogen and oxygen atoms in total. The lowest BCUT2D eigenvalue weighted by Gasteiger charge is -2.24. The number of fused-ring (bicyclic) bond motifs is 1. The Kier molecular flexibility index (Phi) is 5.08. The molecule has 1 heterocycles. The van der Waals surface area contributed by atoms with E-state index >= 15 is 0 Å². The molecule has 1 aromatic rings. The fourth-order valence-corrected chi connectivity index (χ4v) is 2.65. The number of ether oxygens (including phenoxy) is 2. The summed E-state index contributed by atoms with van der Waals surface area (Å²) in [7, 11) is 2.04. The average Bonchev–Trinajstić information content (AvgIpc) is 2.68. The van der Waals surface area contributed by atoms with Gasteiger partial charge in [0.2, 0.25) is 0 Å². The van der Waals surface area contributed by atoms with Crippen molar-refractivity contribution in [1.82, 2.24) is 5.32 Å². The third kappa shape index (κ3) is 3.41. The number of likely N-dealkylation sites (N-methyl/N-ethyl adjacent to an activating group) is 1. The SMILES string of the molecule is CCCC(NC)C(C)c1ccc2c(c1)OCCCO2. The molecule has 2 unspecified atom stereocenters. The fourth-order valence-electron chi connectivity index (χ4n) is 2.65. The van der Waals surface area contributed by atoms with Crippen LogP contribution in [0.1, 0.15) is 44.6 Å². The van der Waals surface area contributed by atoms with Gasteiger partial charge >= 0.3 is 0 Å². The van der Waals surface area contributed by atoms with E-state index in [0.717, 1.165) is 31.1 Å². The molecule has 0 bridgehead atoms. The van der Waals surface area contributed by atoms with Gasteiger partial charge in [-0.05, 0) is 37.1 Å². The number of benzene rings is 1. The molecule has 2 rings (SSSR count). The van der Waals surface area contributed by atoms with Gasteiger partial charge in [-0.15, -0.1) is 0 Å². The summed E-state index contributed by atoms with van der Waals surface area (Å²) in [6.07, 6.45) is 3.33. The van der Waals surface area contributed by atoms with Crippen molar-refractivity contribution in [3.05, 3.63) is 23.8 Å². The zero-order chi connectivity index (χ0) is 13.7. The van der Waals surface area contributed by atoms with Crippen molar-refractivity contribution >= 4 is 0 Å². The molecule has 3 heteroatoms. The summed E-state index contributed by atoms with van der Waals surface area (Å²) < 4.78 is 11.4. The third-order valence-corrected chi connectivity index (χ3v) is 3.87. The van der Waals surface area contributed by atoms with Crippen molar-refractivity contribution in [2.45, 2.75) is 45.1 Å². The first-order chi connectivity index (χ1) is 9.26. The monoisotopic (exact) mass is 263 g/mol. The highest BCUT2D eigenvalue weighted by Gasteiger charge is 2.19. The summed E-state index contributed by atoms with van der Waals surface area (Å²) in [6.45, 7) is 5.99. The molecule has 0 aliphatic carbocycles. The summed E-state index contributed by atoms with van der Waals surface area (Å²) in [5.74, 6) is 2.25. The van der Waals surface area contributed by atoms with Crippen LogP contribution in [0.15, 0.2) is 18.2 Å². The summed E-state index contributed by atoms with van der Waals surface area (Å²) >= 11 is 0. The molecule has 1 aromatic carbocycles. The molecule has 0 saturated heterocycles. The first-order valence-corrected chi connectivity index (χ1v) is 7.33. The normalized spacial score (nSPS) is 17.6. The van der Waals surface area contributed by atoms with E-state index in [1.54, 1.807) is 0 Å². The van der Waals surface area contributed by atoms with Crippen LogP contribution in [0, 0.1) is 0 Å². The Hall–Kier alpha value is -1.22. The second-order valence-corrected chi connectivity index (χ2v) is 5.23. The molecule has 1 aliphatic heterocycles. The standard InChI is InChI=1S/C16H25NO2/c1-4-6-14(17-3)12(2)13-7-8-15-16(11-13)19-10-5-9-18-15/h7-8,11-12,14,17H,4-6,9-10H2,1-3H3. The molecule has 0 amide bonds. The molecule has 0 fully saturated rings. The van der Waals surface area contributed by atoms with Gasteiger partial charge in [-0.25, -0.2) is 0 Å². The Morgan fingerprint density at radius 2 is 1.95 bits per heavy atom. The van der Waals surface area contributed by atoms with Gasteiger partial charge in [0, 0.05) is 12.5 Å². The Bertz CT molecular complexity index is 406. The average molecular weight is 263 g/mol. The Balaban J connectivity index is 2.18. The predicted octanol–water partition coefficient (Wildman–Crippen LogP) is 3.34. The van der Waals surface area contributed by atoms with E-state index in [1.165, 1.54) is 18.4 Å². The minimum absolute atomic E-state index is 0.474. The van der Waals surface area contributed by atoms with Gasteiger partial charge < -0.3 is 14.8 Å². The first-order valence-electron chi connectivity index (χ1n) is 7.33. The zero-order valence-corrected chi connectivity index (χ0v) is 12.2. The van der Waals surface area contributed by atoms with E-state index in [1.807, 2.05) is 13.1 Å². The van der Waals surface area contributed by atoms with Crippen molar-refractivity contribution in [3.8, 4) is 11.5 Å². The lowest BCUT2D eigenvalue weighted by Crippen LogP contribution is -2.30. The van der Waals surface area contributed by atoms with Crippen LogP contribution in [0.4, 0.5) is 0 Å². The van der Waals surface area contributed by atoms with E-state index < -0.39 is 0 Å². The van der Waals surface area contributed by atoms with Crippen LogP contribution >= 0.6 is 0 Å². The van der Waals surface area contributed by atoms with E-state index in [-0.39, 0.29) is 0 Å². The van der Waals surface area contributed by atoms with Crippen LogP contribution in [0.3, 0.4) is 0 Å². The minimum atomic E-state index is 0.474. The molecule has 2 atom stereocenters. The van der Waals surface area contributed by atoms with Crippen LogP contribution in [-0.2, 0) is 0 Å². The molecule has 0 aromatic heterocycles. The quantitative estimate of drug-likeness (QED) is 0.884. The van der Waals surface area contributed by atoms with Gasteiger partial charge in [0.15, 0.2) is 11.5 Å². The van der Waals surface area contributed by atoms with E-state index in [0.29, 0.717) is 12.0 Å². The summed E-state index contributed by atoms with van der Waals surface area (Å²) in [5.41, 5.74) is 1.32. The van der Waals surface area contributed by atoms with Crippen LogP contribution < -0.4 is 14.8 Å². The van der Waals surface area contributed by atoms with Gasteiger partial charge in [-0.1, -0.05) is 26.3 Å². The molecule has 0 spiro atoms. The van der Waals surface area contributed by atoms with Crippen molar-refractivity contribution < 1.29 is 9.47 Å². The number of hydrogen-bond donors (Lipinski definition) is 1. The molecule has 106 valence electrons. The van der Waals surface area contributed by atoms with E-state index in [9.17, 15) is 0 Å². The lowest BCUT2D eigenvalue weighted by atomic mass is 9.90. The topological polar surface area (TPSA) is 30.5 Å². The molecule has 1 N–H and O–H groups in total. The van der Waals surface area contributed by atoms with Crippen molar-refractivity contribution in [2.75, 3.05) is 20.3 Å². The fraction of sp³-hybridized carbons (Fsp3) is 0.625. The molecule has 0 saturated carbocycles. The summed E-state index contributed by atoms with van der Waals surface area (Å²) in [5, 5.41) is 3.42. The first kappa shape index (κ1) is 14.2. The highest BCUT2D eigenvalue weighted by atomic mass is 16.5. The molecule has 1 aliphatic rings. The smallest absolute Gasteiger partial charge is 0.161 e. The summed E-state index contributed by atoms with van der Waals surface area (Å²) in [4.78, 5) is 0. The highest BCUT2D eigenvalue weighted by molar-refractivity contribution is 5.44. The second-order valence-electron chi connectivity index (χ2n) is 5.23. The van der Waals surface area contributed by atoms with Crippen molar-refractivity contribution in [2.24, 2.45) is 0 Å². The maximum Gasteiger partial charge on any atom is 0.161 e. The van der Waals surface area contributed by atoms with Gasteiger partial charge in [0.25, 0.3) is 0 Å². The number of rotatable bonds is 5. The van der Waals surface area contributed by atoms with Crippen LogP contribution in [-0.4, -0.2) is 26.3 Å². The van der Waals surface area contributed by atoms with Crippen molar-refractivity contribution in [1.29, 1.82) is 0 Å². The Morgan fingerprint density at radius 3 is 2.63 bits per heavy atom. The number of nitrogens with one attached hydrogen (secondary N) is 1. The van der Waals surface area contributed by atoms with Gasteiger partial charge in [-0.3, -0.25) is 0 Å². The van der Waals surface area contributed by atoms with Gasteiger partial charge in [0.1, 0.15) is 0 Å². The predicted molar refractivity (Wildman–Crippen MR) is 78.2 cm³/mol. The maximum atomic E-state index is 5.77. The van der Waals surface area contributed by atoms with Gasteiger partial charge in [-0.2, -0.15) is 0 Å². The minimum Gasteiger partial charge on any atom is -0.490 e. The maximum absolute atomic E-state index is 5.77. The highest BCUT2D eigenvalue weighted by Crippen LogP contribution is 2.34. The van der Waals surface area contributed by atoms with E-state index in [2.05, 4.69) is 31.3 Å². The van der Waals surface area contributed by atoms with Crippen LogP contribution in [0.5, 0.6) is 11.5 Å².